The van der Waals surface area contributed by atoms with Gasteiger partial charge >= 0.3 is 0 Å². The van der Waals surface area contributed by atoms with Gasteiger partial charge in [0.25, 0.3) is 5.89 Å². The van der Waals surface area contributed by atoms with Crippen LogP contribution in [-0.4, -0.2) is 45.8 Å². The summed E-state index contributed by atoms with van der Waals surface area (Å²) >= 11 is 0. The molecule has 30 heavy (non-hydrogen) atoms. The first-order chi connectivity index (χ1) is 14.4. The third kappa shape index (κ3) is 5.44. The first kappa shape index (κ1) is 21.5. The first-order valence-electron chi connectivity index (χ1n) is 9.95. The van der Waals surface area contributed by atoms with E-state index in [-0.39, 0.29) is 6.54 Å². The number of aromatic nitrogens is 3. The molecule has 0 spiro atoms. The van der Waals surface area contributed by atoms with Crippen molar-refractivity contribution in [1.82, 2.24) is 25.8 Å². The largest absolute Gasteiger partial charge is 0.466 e. The van der Waals surface area contributed by atoms with E-state index in [1.165, 1.54) is 0 Å². The Morgan fingerprint density at radius 3 is 2.77 bits per heavy atom. The van der Waals surface area contributed by atoms with Gasteiger partial charge in [-0.2, -0.15) is 4.98 Å². The molecule has 0 aliphatic carbocycles. The van der Waals surface area contributed by atoms with Crippen molar-refractivity contribution in [3.05, 3.63) is 53.4 Å². The highest BCUT2D eigenvalue weighted by atomic mass is 16.5. The van der Waals surface area contributed by atoms with Gasteiger partial charge in [-0.1, -0.05) is 11.2 Å². The van der Waals surface area contributed by atoms with E-state index in [0.717, 1.165) is 11.3 Å². The Bertz CT molecular complexity index is 978. The van der Waals surface area contributed by atoms with Gasteiger partial charge in [0.15, 0.2) is 11.8 Å². The van der Waals surface area contributed by atoms with Crippen molar-refractivity contribution in [3.8, 4) is 11.6 Å². The Kier molecular flexibility index (Phi) is 6.83. The molecule has 9 heteroatoms. The first-order valence-corrected chi connectivity index (χ1v) is 9.95. The molecule has 1 atom stereocenters. The van der Waals surface area contributed by atoms with Crippen molar-refractivity contribution in [2.24, 2.45) is 4.99 Å². The van der Waals surface area contributed by atoms with E-state index >= 15 is 0 Å². The fourth-order valence-electron chi connectivity index (χ4n) is 3.07. The van der Waals surface area contributed by atoms with Gasteiger partial charge < -0.3 is 24.7 Å². The molecule has 3 aromatic heterocycles. The summed E-state index contributed by atoms with van der Waals surface area (Å²) in [7, 11) is 0. The van der Waals surface area contributed by atoms with Crippen molar-refractivity contribution >= 4 is 5.96 Å². The predicted molar refractivity (Wildman–Crippen MR) is 113 cm³/mol. The average molecular weight is 412 g/mol. The molecule has 3 heterocycles. The smallest absolute Gasteiger partial charge is 0.276 e. The molecule has 1 unspecified atom stereocenters. The van der Waals surface area contributed by atoms with Crippen molar-refractivity contribution in [2.45, 2.75) is 39.7 Å². The quantitative estimate of drug-likeness (QED) is 0.381. The lowest BCUT2D eigenvalue weighted by atomic mass is 9.96. The van der Waals surface area contributed by atoms with Crippen LogP contribution in [0.4, 0.5) is 0 Å². The minimum absolute atomic E-state index is 0.189. The Hall–Kier alpha value is -3.20. The number of furan rings is 1. The zero-order chi connectivity index (χ0) is 21.6. The minimum Gasteiger partial charge on any atom is -0.466 e. The number of hydrogen-bond acceptors (Lipinski definition) is 7. The summed E-state index contributed by atoms with van der Waals surface area (Å²) in [6, 6.07) is 7.37. The number of aryl methyl sites for hydroxylation is 2. The Morgan fingerprint density at radius 1 is 1.27 bits per heavy atom. The van der Waals surface area contributed by atoms with Gasteiger partial charge in [0.05, 0.1) is 6.54 Å². The second kappa shape index (κ2) is 9.53. The van der Waals surface area contributed by atoms with Crippen molar-refractivity contribution in [1.29, 1.82) is 0 Å². The summed E-state index contributed by atoms with van der Waals surface area (Å²) in [6.45, 7) is 8.86. The molecule has 3 aromatic rings. The summed E-state index contributed by atoms with van der Waals surface area (Å²) in [5.41, 5.74) is 0.259. The van der Waals surface area contributed by atoms with Gasteiger partial charge in [-0.15, -0.1) is 0 Å². The highest BCUT2D eigenvalue weighted by Gasteiger charge is 2.27. The standard InChI is InChI=1S/C21H28N6O3/c1-5-22-20(25-13-21(4,28)16-12-14(2)29-15(16)3)24-11-9-18-26-19(30-27-18)17-8-6-7-10-23-17/h6-8,10,12,28H,5,9,11,13H2,1-4H3,(H2,22,24,25). The van der Waals surface area contributed by atoms with Crippen molar-refractivity contribution < 1.29 is 14.0 Å². The summed E-state index contributed by atoms with van der Waals surface area (Å²) < 4.78 is 10.8. The monoisotopic (exact) mass is 412 g/mol. The third-order valence-electron chi connectivity index (χ3n) is 4.50. The zero-order valence-electron chi connectivity index (χ0n) is 17.8. The van der Waals surface area contributed by atoms with Crippen LogP contribution < -0.4 is 10.6 Å². The molecule has 0 aromatic carbocycles. The topological polar surface area (TPSA) is 122 Å². The maximum absolute atomic E-state index is 10.9. The highest BCUT2D eigenvalue weighted by molar-refractivity contribution is 5.79. The number of rotatable bonds is 8. The summed E-state index contributed by atoms with van der Waals surface area (Å²) in [6.07, 6.45) is 2.23. The van der Waals surface area contributed by atoms with Crippen LogP contribution in [0.2, 0.25) is 0 Å². The van der Waals surface area contributed by atoms with Gasteiger partial charge in [-0.25, -0.2) is 4.99 Å². The molecule has 0 amide bonds. The van der Waals surface area contributed by atoms with Crippen LogP contribution in [0, 0.1) is 13.8 Å². The van der Waals surface area contributed by atoms with E-state index < -0.39 is 5.60 Å². The normalized spacial score (nSPS) is 13.8. The molecule has 160 valence electrons. The lowest BCUT2D eigenvalue weighted by molar-refractivity contribution is 0.0657. The zero-order valence-corrected chi connectivity index (χ0v) is 17.8. The van der Waals surface area contributed by atoms with Crippen LogP contribution in [0.3, 0.4) is 0 Å². The van der Waals surface area contributed by atoms with Crippen molar-refractivity contribution in [3.63, 3.8) is 0 Å². The van der Waals surface area contributed by atoms with Gasteiger partial charge in [0, 0.05) is 31.3 Å². The molecule has 9 nitrogen and oxygen atoms in total. The minimum atomic E-state index is -1.13. The van der Waals surface area contributed by atoms with Crippen LogP contribution in [0.5, 0.6) is 0 Å². The molecule has 0 fully saturated rings. The molecular weight excluding hydrogens is 384 g/mol. The number of pyridine rings is 1. The summed E-state index contributed by atoms with van der Waals surface area (Å²) in [5, 5.41) is 21.2. The van der Waals surface area contributed by atoms with E-state index in [0.29, 0.717) is 48.6 Å². The maximum atomic E-state index is 10.9. The van der Waals surface area contributed by atoms with Gasteiger partial charge in [0.1, 0.15) is 22.8 Å². The molecule has 0 saturated carbocycles. The number of guanidine groups is 1. The molecule has 3 rings (SSSR count). The van der Waals surface area contributed by atoms with Crippen LogP contribution in [-0.2, 0) is 12.0 Å². The second-order valence-electron chi connectivity index (χ2n) is 7.20. The molecule has 0 aliphatic rings. The Morgan fingerprint density at radius 2 is 2.10 bits per heavy atom. The number of nitrogens with one attached hydrogen (secondary N) is 2. The predicted octanol–water partition coefficient (Wildman–Crippen LogP) is 2.35. The van der Waals surface area contributed by atoms with E-state index in [1.807, 2.05) is 45.0 Å². The molecule has 0 radical (unpaired) electrons. The number of aliphatic imine (C=N–C) groups is 1. The average Bonchev–Trinajstić information content (AvgIpc) is 3.33. The Balaban J connectivity index is 1.58. The van der Waals surface area contributed by atoms with Crippen LogP contribution in [0.25, 0.3) is 11.6 Å². The fraction of sp³-hybridized carbons (Fsp3) is 0.429. The summed E-state index contributed by atoms with van der Waals surface area (Å²) in [5.74, 6) is 3.04. The van der Waals surface area contributed by atoms with Gasteiger partial charge in [-0.3, -0.25) is 4.98 Å². The van der Waals surface area contributed by atoms with E-state index in [9.17, 15) is 5.11 Å². The third-order valence-corrected chi connectivity index (χ3v) is 4.50. The second-order valence-corrected chi connectivity index (χ2v) is 7.20. The van der Waals surface area contributed by atoms with Gasteiger partial charge in [0.2, 0.25) is 0 Å². The van der Waals surface area contributed by atoms with Crippen LogP contribution in [0.15, 0.2) is 44.4 Å². The molecular formula is C21H28N6O3. The molecule has 3 N–H and O–H groups in total. The van der Waals surface area contributed by atoms with E-state index in [4.69, 9.17) is 8.94 Å². The fourth-order valence-corrected chi connectivity index (χ4v) is 3.07. The number of nitrogens with zero attached hydrogens (tertiary/aromatic N) is 4. The lowest BCUT2D eigenvalue weighted by Crippen LogP contribution is -2.39. The van der Waals surface area contributed by atoms with Gasteiger partial charge in [-0.05, 0) is 45.9 Å². The van der Waals surface area contributed by atoms with E-state index in [1.54, 1.807) is 13.1 Å². The molecule has 0 saturated heterocycles. The Labute approximate surface area is 175 Å². The molecule has 0 aliphatic heterocycles. The van der Waals surface area contributed by atoms with Crippen molar-refractivity contribution in [2.75, 3.05) is 19.6 Å². The maximum Gasteiger partial charge on any atom is 0.276 e. The number of aliphatic hydroxyl groups is 1. The van der Waals surface area contributed by atoms with E-state index in [2.05, 4.69) is 30.8 Å². The number of hydrogen-bond donors (Lipinski definition) is 3. The van der Waals surface area contributed by atoms with Crippen LogP contribution in [0.1, 0.15) is 36.8 Å². The lowest BCUT2D eigenvalue weighted by Gasteiger charge is -2.21. The highest BCUT2D eigenvalue weighted by Crippen LogP contribution is 2.27. The summed E-state index contributed by atoms with van der Waals surface area (Å²) in [4.78, 5) is 13.1. The van der Waals surface area contributed by atoms with Crippen LogP contribution >= 0.6 is 0 Å². The molecule has 0 bridgehead atoms. The SMILES string of the molecule is CCNC(=NCC(C)(O)c1cc(C)oc1C)NCCc1noc(-c2ccccn2)n1.